The summed E-state index contributed by atoms with van der Waals surface area (Å²) >= 11 is 6.07. The molecule has 1 aliphatic rings. The van der Waals surface area contributed by atoms with Crippen molar-refractivity contribution in [2.45, 2.75) is 64.8 Å². The fourth-order valence-electron chi connectivity index (χ4n) is 4.63. The highest BCUT2D eigenvalue weighted by atomic mass is 35.5. The van der Waals surface area contributed by atoms with Gasteiger partial charge >= 0.3 is 0 Å². The van der Waals surface area contributed by atoms with Crippen molar-refractivity contribution in [1.29, 1.82) is 0 Å². The number of ether oxygens (including phenoxy) is 3. The van der Waals surface area contributed by atoms with E-state index in [2.05, 4.69) is 61.8 Å². The van der Waals surface area contributed by atoms with E-state index in [4.69, 9.17) is 25.8 Å². The van der Waals surface area contributed by atoms with E-state index < -0.39 is 0 Å². The average molecular weight is 489 g/mol. The van der Waals surface area contributed by atoms with E-state index in [-0.39, 0.29) is 5.60 Å². The summed E-state index contributed by atoms with van der Waals surface area (Å²) < 4.78 is 17.9. The van der Waals surface area contributed by atoms with Crippen LogP contribution in [0.15, 0.2) is 48.5 Å². The van der Waals surface area contributed by atoms with Gasteiger partial charge in [-0.3, -0.25) is 9.80 Å². The number of halogens is 1. The first kappa shape index (κ1) is 26.8. The number of likely N-dealkylation sites (tertiary alicyclic amines) is 1. The third-order valence-corrected chi connectivity index (χ3v) is 7.01. The highest BCUT2D eigenvalue weighted by Crippen LogP contribution is 2.29. The molecule has 0 N–H and O–H groups in total. The molecule has 2 aromatic rings. The van der Waals surface area contributed by atoms with Crippen LogP contribution in [0.3, 0.4) is 0 Å². The van der Waals surface area contributed by atoms with Crippen molar-refractivity contribution >= 4 is 11.6 Å². The quantitative estimate of drug-likeness (QED) is 0.371. The zero-order chi connectivity index (χ0) is 24.6. The molecule has 0 amide bonds. The van der Waals surface area contributed by atoms with Crippen molar-refractivity contribution in [3.05, 3.63) is 59.1 Å². The van der Waals surface area contributed by atoms with Gasteiger partial charge in [0.05, 0.1) is 0 Å². The molecule has 0 spiro atoms. The highest BCUT2D eigenvalue weighted by molar-refractivity contribution is 6.30. The first-order valence-corrected chi connectivity index (χ1v) is 12.8. The van der Waals surface area contributed by atoms with E-state index in [9.17, 15) is 0 Å². The van der Waals surface area contributed by atoms with Crippen molar-refractivity contribution in [3.8, 4) is 11.5 Å². The Bertz CT molecular complexity index is 856. The van der Waals surface area contributed by atoms with Crippen molar-refractivity contribution in [2.75, 3.05) is 40.0 Å². The minimum absolute atomic E-state index is 0.254. The molecule has 0 saturated carbocycles. The molecule has 34 heavy (non-hydrogen) atoms. The van der Waals surface area contributed by atoms with Gasteiger partial charge in [-0.1, -0.05) is 29.8 Å². The summed E-state index contributed by atoms with van der Waals surface area (Å²) in [5.74, 6) is 1.72. The normalized spacial score (nSPS) is 16.4. The second-order valence-electron chi connectivity index (χ2n) is 9.83. The lowest BCUT2D eigenvalue weighted by molar-refractivity contribution is -0.0839. The Balaban J connectivity index is 1.43. The van der Waals surface area contributed by atoms with Crippen LogP contribution in [0.1, 0.15) is 46.1 Å². The van der Waals surface area contributed by atoms with Gasteiger partial charge in [-0.05, 0) is 76.4 Å². The Hall–Kier alpha value is -1.79. The zero-order valence-electron chi connectivity index (χ0n) is 21.4. The summed E-state index contributed by atoms with van der Waals surface area (Å²) in [5.41, 5.74) is 1.05. The Morgan fingerprint density at radius 3 is 2.21 bits per heavy atom. The highest BCUT2D eigenvalue weighted by Gasteiger charge is 2.35. The number of benzene rings is 2. The lowest BCUT2D eigenvalue weighted by Crippen LogP contribution is -2.48. The zero-order valence-corrected chi connectivity index (χ0v) is 22.2. The predicted octanol–water partition coefficient (Wildman–Crippen LogP) is 5.90. The fraction of sp³-hybridized carbons (Fsp3) is 0.571. The minimum Gasteiger partial charge on any atom is -0.492 e. The van der Waals surface area contributed by atoms with Crippen molar-refractivity contribution < 1.29 is 14.2 Å². The third-order valence-electron chi connectivity index (χ3n) is 6.77. The maximum Gasteiger partial charge on any atom is 0.120 e. The summed E-state index contributed by atoms with van der Waals surface area (Å²) in [6.07, 6.45) is 1.88. The summed E-state index contributed by atoms with van der Waals surface area (Å²) in [5, 5.41) is 0.684. The number of methoxy groups -OCH3 is 1. The van der Waals surface area contributed by atoms with Crippen LogP contribution in [0, 0.1) is 0 Å². The van der Waals surface area contributed by atoms with Crippen molar-refractivity contribution in [3.63, 3.8) is 0 Å². The lowest BCUT2D eigenvalue weighted by Gasteiger charge is -2.40. The van der Waals surface area contributed by atoms with Crippen molar-refractivity contribution in [2.24, 2.45) is 0 Å². The molecule has 188 valence electrons. The Morgan fingerprint density at radius 1 is 0.941 bits per heavy atom. The largest absolute Gasteiger partial charge is 0.492 e. The molecule has 0 aromatic heterocycles. The van der Waals surface area contributed by atoms with Gasteiger partial charge in [0.25, 0.3) is 0 Å². The number of hydrogen-bond donors (Lipinski definition) is 0. The van der Waals surface area contributed by atoms with Crippen LogP contribution in [-0.4, -0.2) is 67.4 Å². The SMILES string of the molecule is COC1(COc2cccc(Cl)c2)CCN(Cc2ccc(OCCN(C(C)C)C(C)C)cc2)CC1. The summed E-state index contributed by atoms with van der Waals surface area (Å²) in [7, 11) is 1.79. The van der Waals surface area contributed by atoms with E-state index in [0.717, 1.165) is 50.5 Å². The molecule has 3 rings (SSSR count). The first-order chi connectivity index (χ1) is 16.3. The topological polar surface area (TPSA) is 34.2 Å². The molecule has 0 unspecified atom stereocenters. The molecule has 6 heteroatoms. The summed E-state index contributed by atoms with van der Waals surface area (Å²) in [6.45, 7) is 14.0. The molecule has 2 aromatic carbocycles. The predicted molar refractivity (Wildman–Crippen MR) is 140 cm³/mol. The minimum atomic E-state index is -0.254. The van der Waals surface area contributed by atoms with Crippen LogP contribution in [0.2, 0.25) is 5.02 Å². The molecule has 1 aliphatic heterocycles. The van der Waals surface area contributed by atoms with Crippen LogP contribution in [0.4, 0.5) is 0 Å². The van der Waals surface area contributed by atoms with E-state index in [1.807, 2.05) is 24.3 Å². The van der Waals surface area contributed by atoms with Gasteiger partial charge in [0, 0.05) is 50.4 Å². The molecule has 1 heterocycles. The van der Waals surface area contributed by atoms with Crippen LogP contribution >= 0.6 is 11.6 Å². The Kier molecular flexibility index (Phi) is 10.1. The molecule has 0 aliphatic carbocycles. The van der Waals surface area contributed by atoms with Gasteiger partial charge in [-0.15, -0.1) is 0 Å². The second-order valence-corrected chi connectivity index (χ2v) is 10.3. The standard InChI is InChI=1S/C28H41ClN2O3/c1-22(2)31(23(3)4)17-18-33-26-11-9-24(10-12-26)20-30-15-13-28(32-5,14-16-30)21-34-27-8-6-7-25(29)19-27/h6-12,19,22-23H,13-18,20-21H2,1-5H3. The lowest BCUT2D eigenvalue weighted by atomic mass is 9.91. The molecule has 0 bridgehead atoms. The number of hydrogen-bond acceptors (Lipinski definition) is 5. The van der Waals surface area contributed by atoms with Crippen LogP contribution < -0.4 is 9.47 Å². The number of piperidine rings is 1. The number of rotatable bonds is 12. The fourth-order valence-corrected chi connectivity index (χ4v) is 4.81. The maximum absolute atomic E-state index is 6.07. The monoisotopic (exact) mass is 488 g/mol. The second kappa shape index (κ2) is 12.8. The molecule has 0 radical (unpaired) electrons. The smallest absolute Gasteiger partial charge is 0.120 e. The molecule has 1 saturated heterocycles. The molecule has 5 nitrogen and oxygen atoms in total. The molecular formula is C28H41ClN2O3. The summed E-state index contributed by atoms with van der Waals surface area (Å²) in [4.78, 5) is 4.93. The van der Waals surface area contributed by atoms with Crippen molar-refractivity contribution in [1.82, 2.24) is 9.80 Å². The molecular weight excluding hydrogens is 448 g/mol. The van der Waals surface area contributed by atoms with Gasteiger partial charge in [0.1, 0.15) is 30.3 Å². The van der Waals surface area contributed by atoms with Gasteiger partial charge in [-0.25, -0.2) is 0 Å². The van der Waals surface area contributed by atoms with E-state index in [1.54, 1.807) is 7.11 Å². The third kappa shape index (κ3) is 7.88. The van der Waals surface area contributed by atoms with Crippen LogP contribution in [0.5, 0.6) is 11.5 Å². The average Bonchev–Trinajstić information content (AvgIpc) is 2.82. The number of nitrogens with zero attached hydrogens (tertiary/aromatic N) is 2. The van der Waals surface area contributed by atoms with Gasteiger partial charge in [0.15, 0.2) is 0 Å². The van der Waals surface area contributed by atoms with E-state index in [0.29, 0.717) is 30.3 Å². The first-order valence-electron chi connectivity index (χ1n) is 12.4. The van der Waals surface area contributed by atoms with Gasteiger partial charge < -0.3 is 14.2 Å². The van der Waals surface area contributed by atoms with Gasteiger partial charge in [-0.2, -0.15) is 0 Å². The Morgan fingerprint density at radius 2 is 1.62 bits per heavy atom. The Labute approximate surface area is 210 Å². The maximum atomic E-state index is 6.07. The van der Waals surface area contributed by atoms with Gasteiger partial charge in [0.2, 0.25) is 0 Å². The van der Waals surface area contributed by atoms with E-state index in [1.165, 1.54) is 5.56 Å². The molecule has 1 fully saturated rings. The van der Waals surface area contributed by atoms with E-state index >= 15 is 0 Å². The van der Waals surface area contributed by atoms with Crippen LogP contribution in [-0.2, 0) is 11.3 Å². The van der Waals surface area contributed by atoms with Crippen LogP contribution in [0.25, 0.3) is 0 Å². The summed E-state index contributed by atoms with van der Waals surface area (Å²) in [6, 6.07) is 17.1. The molecule has 0 atom stereocenters.